The number of nitrogens with one attached hydrogen (secondary N) is 1. The van der Waals surface area contributed by atoms with Gasteiger partial charge >= 0.3 is 0 Å². The van der Waals surface area contributed by atoms with Gasteiger partial charge in [-0.15, -0.1) is 0 Å². The van der Waals surface area contributed by atoms with E-state index in [2.05, 4.69) is 5.32 Å². The molecule has 0 aromatic heterocycles. The number of rotatable bonds is 5. The lowest BCUT2D eigenvalue weighted by Crippen LogP contribution is -2.34. The van der Waals surface area contributed by atoms with Gasteiger partial charge in [0, 0.05) is 25.6 Å². The molecule has 5 heteroatoms. The summed E-state index contributed by atoms with van der Waals surface area (Å²) >= 11 is 0. The predicted molar refractivity (Wildman–Crippen MR) is 94.9 cm³/mol. The maximum absolute atomic E-state index is 12.8. The van der Waals surface area contributed by atoms with Gasteiger partial charge in [0.15, 0.2) is 0 Å². The van der Waals surface area contributed by atoms with Crippen LogP contribution < -0.4 is 10.1 Å². The van der Waals surface area contributed by atoms with Crippen molar-refractivity contribution in [2.75, 3.05) is 14.2 Å². The SMILES string of the molecule is COc1ccccc1CNC(=O)[C@H]1CC(=O)N(C)[C@@H]1c1ccccc1. The van der Waals surface area contributed by atoms with Crippen LogP contribution in [-0.2, 0) is 16.1 Å². The maximum atomic E-state index is 12.8. The zero-order valence-electron chi connectivity index (χ0n) is 14.4. The number of carbonyl (C=O) groups excluding carboxylic acids is 2. The average molecular weight is 338 g/mol. The first-order chi connectivity index (χ1) is 12.1. The molecule has 2 aromatic carbocycles. The number of para-hydroxylation sites is 1. The van der Waals surface area contributed by atoms with E-state index in [4.69, 9.17) is 4.74 Å². The molecule has 2 atom stereocenters. The summed E-state index contributed by atoms with van der Waals surface area (Å²) in [5.74, 6) is 0.223. The normalized spacial score (nSPS) is 19.8. The van der Waals surface area contributed by atoms with Gasteiger partial charge in [-0.3, -0.25) is 9.59 Å². The molecule has 0 unspecified atom stereocenters. The molecule has 5 nitrogen and oxygen atoms in total. The molecule has 1 fully saturated rings. The van der Waals surface area contributed by atoms with E-state index in [-0.39, 0.29) is 24.3 Å². The van der Waals surface area contributed by atoms with Gasteiger partial charge < -0.3 is 15.0 Å². The maximum Gasteiger partial charge on any atom is 0.226 e. The Morgan fingerprint density at radius 2 is 1.84 bits per heavy atom. The summed E-state index contributed by atoms with van der Waals surface area (Å²) in [4.78, 5) is 26.6. The second-order valence-corrected chi connectivity index (χ2v) is 6.20. The Morgan fingerprint density at radius 1 is 1.16 bits per heavy atom. The van der Waals surface area contributed by atoms with Crippen LogP contribution in [-0.4, -0.2) is 30.9 Å². The standard InChI is InChI=1S/C20H22N2O3/c1-22-18(23)12-16(19(22)14-8-4-3-5-9-14)20(24)21-13-15-10-6-7-11-17(15)25-2/h3-11,16,19H,12-13H2,1-2H3,(H,21,24)/t16-,19+/m0/s1. The molecule has 0 saturated carbocycles. The highest BCUT2D eigenvalue weighted by Gasteiger charge is 2.42. The van der Waals surface area contributed by atoms with Gasteiger partial charge in [0.05, 0.1) is 19.1 Å². The lowest BCUT2D eigenvalue weighted by Gasteiger charge is -2.25. The van der Waals surface area contributed by atoms with Crippen molar-refractivity contribution in [1.82, 2.24) is 10.2 Å². The van der Waals surface area contributed by atoms with Crippen molar-refractivity contribution in [2.24, 2.45) is 5.92 Å². The van der Waals surface area contributed by atoms with Crippen LogP contribution in [0.5, 0.6) is 5.75 Å². The summed E-state index contributed by atoms with van der Waals surface area (Å²) in [6.07, 6.45) is 0.230. The van der Waals surface area contributed by atoms with Gasteiger partial charge in [0.25, 0.3) is 0 Å². The summed E-state index contributed by atoms with van der Waals surface area (Å²) in [6, 6.07) is 17.0. The Hall–Kier alpha value is -2.82. The molecule has 0 radical (unpaired) electrons. The van der Waals surface area contributed by atoms with E-state index < -0.39 is 5.92 Å². The highest BCUT2D eigenvalue weighted by Crippen LogP contribution is 2.37. The molecular formula is C20H22N2O3. The lowest BCUT2D eigenvalue weighted by molar-refractivity contribution is -0.128. The number of carbonyl (C=O) groups is 2. The molecule has 25 heavy (non-hydrogen) atoms. The topological polar surface area (TPSA) is 58.6 Å². The van der Waals surface area contributed by atoms with E-state index in [1.165, 1.54) is 0 Å². The van der Waals surface area contributed by atoms with Crippen LogP contribution >= 0.6 is 0 Å². The van der Waals surface area contributed by atoms with Crippen molar-refractivity contribution in [1.29, 1.82) is 0 Å². The Labute approximate surface area is 147 Å². The minimum Gasteiger partial charge on any atom is -0.496 e. The molecule has 130 valence electrons. The van der Waals surface area contributed by atoms with Crippen LogP contribution in [0.4, 0.5) is 0 Å². The third-order valence-electron chi connectivity index (χ3n) is 4.71. The number of amides is 2. The fraction of sp³-hybridized carbons (Fsp3) is 0.300. The van der Waals surface area contributed by atoms with Gasteiger partial charge in [-0.05, 0) is 11.6 Å². The van der Waals surface area contributed by atoms with Crippen molar-refractivity contribution < 1.29 is 14.3 Å². The van der Waals surface area contributed by atoms with E-state index in [1.807, 2.05) is 54.6 Å². The van der Waals surface area contributed by atoms with Gasteiger partial charge in [0.1, 0.15) is 5.75 Å². The molecule has 0 bridgehead atoms. The second-order valence-electron chi connectivity index (χ2n) is 6.20. The average Bonchev–Trinajstić information content (AvgIpc) is 2.95. The highest BCUT2D eigenvalue weighted by molar-refractivity contribution is 5.90. The number of methoxy groups -OCH3 is 1. The molecule has 2 aromatic rings. The molecule has 1 N–H and O–H groups in total. The molecule has 3 rings (SSSR count). The van der Waals surface area contributed by atoms with Crippen molar-refractivity contribution >= 4 is 11.8 Å². The second kappa shape index (κ2) is 7.38. The number of nitrogens with zero attached hydrogens (tertiary/aromatic N) is 1. The molecule has 0 aliphatic carbocycles. The van der Waals surface area contributed by atoms with Gasteiger partial charge in [-0.1, -0.05) is 48.5 Å². The Balaban J connectivity index is 1.75. The van der Waals surface area contributed by atoms with E-state index in [0.29, 0.717) is 6.54 Å². The smallest absolute Gasteiger partial charge is 0.226 e. The summed E-state index contributed by atoms with van der Waals surface area (Å²) in [6.45, 7) is 0.374. The van der Waals surface area contributed by atoms with E-state index in [1.54, 1.807) is 19.1 Å². The Morgan fingerprint density at radius 3 is 2.56 bits per heavy atom. The lowest BCUT2D eigenvalue weighted by atomic mass is 9.93. The first-order valence-corrected chi connectivity index (χ1v) is 8.32. The molecule has 2 amide bonds. The fourth-order valence-electron chi connectivity index (χ4n) is 3.37. The molecule has 1 saturated heterocycles. The van der Waals surface area contributed by atoms with Crippen molar-refractivity contribution in [3.63, 3.8) is 0 Å². The largest absolute Gasteiger partial charge is 0.496 e. The molecule has 1 aliphatic rings. The quantitative estimate of drug-likeness (QED) is 0.911. The van der Waals surface area contributed by atoms with Gasteiger partial charge in [-0.25, -0.2) is 0 Å². The number of hydrogen-bond donors (Lipinski definition) is 1. The molecular weight excluding hydrogens is 316 g/mol. The van der Waals surface area contributed by atoms with Crippen LogP contribution in [0, 0.1) is 5.92 Å². The Kier molecular flexibility index (Phi) is 5.03. The minimum atomic E-state index is -0.394. The van der Waals surface area contributed by atoms with Gasteiger partial charge in [-0.2, -0.15) is 0 Å². The van der Waals surface area contributed by atoms with E-state index in [9.17, 15) is 9.59 Å². The zero-order chi connectivity index (χ0) is 17.8. The van der Waals surface area contributed by atoms with Crippen LogP contribution in [0.2, 0.25) is 0 Å². The van der Waals surface area contributed by atoms with E-state index in [0.717, 1.165) is 16.9 Å². The first kappa shape index (κ1) is 17.0. The Bertz CT molecular complexity index is 761. The van der Waals surface area contributed by atoms with Gasteiger partial charge in [0.2, 0.25) is 11.8 Å². The third kappa shape index (κ3) is 3.50. The van der Waals surface area contributed by atoms with Crippen LogP contribution in [0.15, 0.2) is 54.6 Å². The van der Waals surface area contributed by atoms with Crippen molar-refractivity contribution in [2.45, 2.75) is 19.0 Å². The number of likely N-dealkylation sites (tertiary alicyclic amines) is 1. The monoisotopic (exact) mass is 338 g/mol. The van der Waals surface area contributed by atoms with E-state index >= 15 is 0 Å². The summed E-state index contributed by atoms with van der Waals surface area (Å²) in [5, 5.41) is 2.96. The zero-order valence-corrected chi connectivity index (χ0v) is 14.4. The fourth-order valence-corrected chi connectivity index (χ4v) is 3.37. The van der Waals surface area contributed by atoms with Crippen LogP contribution in [0.25, 0.3) is 0 Å². The molecule has 0 spiro atoms. The van der Waals surface area contributed by atoms with Crippen molar-refractivity contribution in [3.05, 3.63) is 65.7 Å². The summed E-state index contributed by atoms with van der Waals surface area (Å²) in [5.41, 5.74) is 1.89. The molecule has 1 aliphatic heterocycles. The van der Waals surface area contributed by atoms with Crippen LogP contribution in [0.3, 0.4) is 0 Å². The summed E-state index contributed by atoms with van der Waals surface area (Å²) in [7, 11) is 3.37. The van der Waals surface area contributed by atoms with Crippen molar-refractivity contribution in [3.8, 4) is 5.75 Å². The molecule has 1 heterocycles. The predicted octanol–water partition coefficient (Wildman–Crippen LogP) is 2.53. The number of benzene rings is 2. The minimum absolute atomic E-state index is 0.00806. The summed E-state index contributed by atoms with van der Waals surface area (Å²) < 4.78 is 5.31. The number of ether oxygens (including phenoxy) is 1. The highest BCUT2D eigenvalue weighted by atomic mass is 16.5. The number of hydrogen-bond acceptors (Lipinski definition) is 3. The van der Waals surface area contributed by atoms with Crippen LogP contribution in [0.1, 0.15) is 23.6 Å². The third-order valence-corrected chi connectivity index (χ3v) is 4.71. The first-order valence-electron chi connectivity index (χ1n) is 8.32.